The topological polar surface area (TPSA) is 57.7 Å². The summed E-state index contributed by atoms with van der Waals surface area (Å²) < 4.78 is 30.0. The van der Waals surface area contributed by atoms with Gasteiger partial charge in [-0.1, -0.05) is 0 Å². The summed E-state index contributed by atoms with van der Waals surface area (Å²) in [6, 6.07) is 5.41. The van der Waals surface area contributed by atoms with Gasteiger partial charge in [-0.15, -0.1) is 0 Å². The molecule has 0 aliphatic heterocycles. The fourth-order valence-corrected chi connectivity index (χ4v) is 2.27. The molecule has 0 fully saturated rings. The Morgan fingerprint density at radius 3 is 2.50 bits per heavy atom. The molecule has 7 heteroatoms. The number of nitriles is 1. The van der Waals surface area contributed by atoms with Crippen molar-refractivity contribution in [2.75, 3.05) is 11.9 Å². The fourth-order valence-electron chi connectivity index (χ4n) is 2.27. The third-order valence-corrected chi connectivity index (χ3v) is 3.42. The Morgan fingerprint density at radius 1 is 1.18 bits per heavy atom. The molecule has 0 unspecified atom stereocenters. The minimum atomic E-state index is -0.814. The van der Waals surface area contributed by atoms with Gasteiger partial charge in [-0.05, 0) is 12.1 Å². The average molecular weight is 299 g/mol. The molecular formula is C15H11F2N5. The largest absolute Gasteiger partial charge is 0.334 e. The predicted molar refractivity (Wildman–Crippen MR) is 77.6 cm³/mol. The highest BCUT2D eigenvalue weighted by atomic mass is 19.1. The zero-order chi connectivity index (χ0) is 15.9. The van der Waals surface area contributed by atoms with Crippen LogP contribution in [0.1, 0.15) is 5.56 Å². The predicted octanol–water partition coefficient (Wildman–Crippen LogP) is 2.89. The van der Waals surface area contributed by atoms with E-state index in [2.05, 4.69) is 9.97 Å². The monoisotopic (exact) mass is 299 g/mol. The number of imidazole rings is 1. The van der Waals surface area contributed by atoms with Crippen molar-refractivity contribution in [3.05, 3.63) is 47.9 Å². The molecule has 22 heavy (non-hydrogen) atoms. The second kappa shape index (κ2) is 5.07. The molecule has 3 rings (SSSR count). The second-order valence-corrected chi connectivity index (χ2v) is 4.85. The first-order valence-corrected chi connectivity index (χ1v) is 6.41. The third-order valence-electron chi connectivity index (χ3n) is 3.42. The van der Waals surface area contributed by atoms with Gasteiger partial charge in [-0.3, -0.25) is 0 Å². The Kier molecular flexibility index (Phi) is 3.22. The Hall–Kier alpha value is -3.01. The molecule has 0 bridgehead atoms. The number of anilines is 2. The maximum atomic E-state index is 14.1. The molecule has 5 nitrogen and oxygen atoms in total. The van der Waals surface area contributed by atoms with Gasteiger partial charge in [0.05, 0.1) is 29.7 Å². The van der Waals surface area contributed by atoms with Gasteiger partial charge in [0.25, 0.3) is 0 Å². The van der Waals surface area contributed by atoms with Crippen LogP contribution in [-0.2, 0) is 7.05 Å². The summed E-state index contributed by atoms with van der Waals surface area (Å²) in [6.07, 6.45) is 3.18. The summed E-state index contributed by atoms with van der Waals surface area (Å²) in [7, 11) is 3.33. The van der Waals surface area contributed by atoms with Crippen LogP contribution in [-0.4, -0.2) is 21.6 Å². The van der Waals surface area contributed by atoms with E-state index >= 15 is 0 Å². The number of hydrogen-bond acceptors (Lipinski definition) is 4. The summed E-state index contributed by atoms with van der Waals surface area (Å²) in [5.41, 5.74) is 1.17. The molecule has 110 valence electrons. The standard InChI is InChI=1S/C15H11F2N5/c1-21-8-20-12-7-19-14(5-13(12)21)22(2)15-10(16)3-9(6-18)4-11(15)17/h3-5,7-8H,1-2H3. The van der Waals surface area contributed by atoms with Crippen LogP contribution in [0.2, 0.25) is 0 Å². The van der Waals surface area contributed by atoms with Crippen LogP contribution in [0.3, 0.4) is 0 Å². The van der Waals surface area contributed by atoms with E-state index in [0.717, 1.165) is 17.6 Å². The number of nitrogens with zero attached hydrogens (tertiary/aromatic N) is 5. The Morgan fingerprint density at radius 2 is 1.86 bits per heavy atom. The van der Waals surface area contributed by atoms with Crippen LogP contribution >= 0.6 is 0 Å². The van der Waals surface area contributed by atoms with Crippen molar-refractivity contribution in [3.8, 4) is 6.07 Å². The van der Waals surface area contributed by atoms with Crippen molar-refractivity contribution in [2.24, 2.45) is 7.05 Å². The number of halogens is 2. The summed E-state index contributed by atoms with van der Waals surface area (Å²) in [4.78, 5) is 9.62. The lowest BCUT2D eigenvalue weighted by Crippen LogP contribution is -2.15. The number of aromatic nitrogens is 3. The van der Waals surface area contributed by atoms with E-state index in [-0.39, 0.29) is 11.3 Å². The first-order valence-electron chi connectivity index (χ1n) is 6.41. The first kappa shape index (κ1) is 13.9. The van der Waals surface area contributed by atoms with Gasteiger partial charge in [0.2, 0.25) is 0 Å². The molecule has 0 atom stereocenters. The van der Waals surface area contributed by atoms with E-state index < -0.39 is 11.6 Å². The number of pyridine rings is 1. The van der Waals surface area contributed by atoms with Gasteiger partial charge < -0.3 is 9.47 Å². The van der Waals surface area contributed by atoms with E-state index in [1.165, 1.54) is 11.9 Å². The summed E-state index contributed by atoms with van der Waals surface area (Å²) in [5, 5.41) is 8.74. The molecule has 0 radical (unpaired) electrons. The zero-order valence-corrected chi connectivity index (χ0v) is 11.9. The lowest BCUT2D eigenvalue weighted by atomic mass is 10.2. The molecule has 0 aliphatic rings. The Bertz CT molecular complexity index is 887. The molecule has 3 aromatic rings. The lowest BCUT2D eigenvalue weighted by Gasteiger charge is -2.19. The normalized spacial score (nSPS) is 10.7. The van der Waals surface area contributed by atoms with E-state index in [1.807, 2.05) is 7.05 Å². The van der Waals surface area contributed by atoms with Crippen LogP contribution in [0.4, 0.5) is 20.3 Å². The first-order chi connectivity index (χ1) is 10.5. The van der Waals surface area contributed by atoms with Gasteiger partial charge in [0.15, 0.2) is 11.6 Å². The molecule has 0 saturated heterocycles. The van der Waals surface area contributed by atoms with Crippen molar-refractivity contribution in [1.29, 1.82) is 5.26 Å². The molecule has 0 aliphatic carbocycles. The molecule has 2 aromatic heterocycles. The minimum absolute atomic E-state index is 0.0674. The molecule has 1 aromatic carbocycles. The van der Waals surface area contributed by atoms with E-state index in [1.54, 1.807) is 29.2 Å². The second-order valence-electron chi connectivity index (χ2n) is 4.85. The van der Waals surface area contributed by atoms with Gasteiger partial charge >= 0.3 is 0 Å². The number of fused-ring (bicyclic) bond motifs is 1. The molecular weight excluding hydrogens is 288 g/mol. The number of hydrogen-bond donors (Lipinski definition) is 0. The van der Waals surface area contributed by atoms with Crippen LogP contribution in [0.25, 0.3) is 11.0 Å². The number of benzene rings is 1. The summed E-state index contributed by atoms with van der Waals surface area (Å²) >= 11 is 0. The van der Waals surface area contributed by atoms with E-state index in [4.69, 9.17) is 5.26 Å². The van der Waals surface area contributed by atoms with Gasteiger partial charge in [0, 0.05) is 20.2 Å². The quantitative estimate of drug-likeness (QED) is 0.730. The van der Waals surface area contributed by atoms with Crippen LogP contribution in [0, 0.1) is 23.0 Å². The summed E-state index contributed by atoms with van der Waals surface area (Å²) in [5.74, 6) is -1.25. The van der Waals surface area contributed by atoms with Crippen molar-refractivity contribution >= 4 is 22.5 Å². The third kappa shape index (κ3) is 2.15. The molecule has 0 N–H and O–H groups in total. The maximum absolute atomic E-state index is 14.1. The molecule has 0 spiro atoms. The van der Waals surface area contributed by atoms with Crippen molar-refractivity contribution in [2.45, 2.75) is 0 Å². The SMILES string of the molecule is CN(c1cc2c(cn1)ncn2C)c1c(F)cc(C#N)cc1F. The van der Waals surface area contributed by atoms with E-state index in [0.29, 0.717) is 11.3 Å². The highest BCUT2D eigenvalue weighted by Crippen LogP contribution is 2.30. The zero-order valence-electron chi connectivity index (χ0n) is 11.9. The van der Waals surface area contributed by atoms with Crippen molar-refractivity contribution in [3.63, 3.8) is 0 Å². The van der Waals surface area contributed by atoms with E-state index in [9.17, 15) is 8.78 Å². The number of aryl methyl sites for hydroxylation is 1. The van der Waals surface area contributed by atoms with Gasteiger partial charge in [-0.25, -0.2) is 18.7 Å². The van der Waals surface area contributed by atoms with Gasteiger partial charge in [-0.2, -0.15) is 5.26 Å². The summed E-state index contributed by atoms with van der Waals surface area (Å²) in [6.45, 7) is 0. The highest BCUT2D eigenvalue weighted by Gasteiger charge is 2.18. The van der Waals surface area contributed by atoms with Crippen LogP contribution in [0.5, 0.6) is 0 Å². The highest BCUT2D eigenvalue weighted by molar-refractivity contribution is 5.78. The molecule has 0 saturated carbocycles. The number of rotatable bonds is 2. The average Bonchev–Trinajstić information content (AvgIpc) is 2.87. The minimum Gasteiger partial charge on any atom is -0.334 e. The molecule has 0 amide bonds. The molecule has 2 heterocycles. The van der Waals surface area contributed by atoms with Crippen LogP contribution < -0.4 is 4.90 Å². The van der Waals surface area contributed by atoms with Crippen molar-refractivity contribution in [1.82, 2.24) is 14.5 Å². The van der Waals surface area contributed by atoms with Gasteiger partial charge in [0.1, 0.15) is 17.0 Å². The lowest BCUT2D eigenvalue weighted by molar-refractivity contribution is 0.583. The Balaban J connectivity index is 2.11. The van der Waals surface area contributed by atoms with Crippen molar-refractivity contribution < 1.29 is 8.78 Å². The maximum Gasteiger partial charge on any atom is 0.151 e. The Labute approximate surface area is 125 Å². The van der Waals surface area contributed by atoms with Crippen LogP contribution in [0.15, 0.2) is 30.7 Å². The smallest absolute Gasteiger partial charge is 0.151 e. The fraction of sp³-hybridized carbons (Fsp3) is 0.133.